The lowest BCUT2D eigenvalue weighted by Crippen LogP contribution is -2.35. The first-order chi connectivity index (χ1) is 12.6. The summed E-state index contributed by atoms with van der Waals surface area (Å²) in [6.07, 6.45) is 7.33. The van der Waals surface area contributed by atoms with Crippen molar-refractivity contribution in [2.45, 2.75) is 61.1 Å². The molecule has 1 aliphatic heterocycles. The number of thioether (sulfide) groups is 1. The van der Waals surface area contributed by atoms with Crippen LogP contribution in [0.15, 0.2) is 32.8 Å². The monoisotopic (exact) mass is 396 g/mol. The fraction of sp³-hybridized carbons (Fsp3) is 0.588. The van der Waals surface area contributed by atoms with E-state index in [9.17, 15) is 8.42 Å². The Labute approximate surface area is 158 Å². The van der Waals surface area contributed by atoms with Gasteiger partial charge in [-0.15, -0.1) is 0 Å². The van der Waals surface area contributed by atoms with Gasteiger partial charge in [0.25, 0.3) is 0 Å². The average molecular weight is 397 g/mol. The summed E-state index contributed by atoms with van der Waals surface area (Å²) in [7, 11) is -3.43. The highest BCUT2D eigenvalue weighted by atomic mass is 32.2. The van der Waals surface area contributed by atoms with Crippen LogP contribution in [-0.4, -0.2) is 40.9 Å². The maximum atomic E-state index is 12.6. The molecule has 0 aromatic carbocycles. The number of hydrogen-bond acceptors (Lipinski definition) is 7. The van der Waals surface area contributed by atoms with Gasteiger partial charge in [-0.1, -0.05) is 36.7 Å². The molecule has 1 saturated heterocycles. The molecular formula is C17H24N4O3S2. The Bertz CT molecular complexity index is 800. The molecule has 3 heterocycles. The maximum absolute atomic E-state index is 12.6. The van der Waals surface area contributed by atoms with Crippen molar-refractivity contribution in [3.05, 3.63) is 30.0 Å². The van der Waals surface area contributed by atoms with Crippen molar-refractivity contribution >= 4 is 21.8 Å². The number of piperidine rings is 1. The zero-order valence-electron chi connectivity index (χ0n) is 14.9. The van der Waals surface area contributed by atoms with Gasteiger partial charge in [-0.05, 0) is 31.4 Å². The molecular weight excluding hydrogens is 372 g/mol. The van der Waals surface area contributed by atoms with Crippen LogP contribution in [0.2, 0.25) is 0 Å². The third-order valence-electron chi connectivity index (χ3n) is 4.27. The van der Waals surface area contributed by atoms with Crippen LogP contribution in [0.25, 0.3) is 0 Å². The molecule has 142 valence electrons. The van der Waals surface area contributed by atoms with Crippen LogP contribution < -0.4 is 0 Å². The Morgan fingerprint density at radius 3 is 2.73 bits per heavy atom. The largest absolute Gasteiger partial charge is 0.338 e. The van der Waals surface area contributed by atoms with Gasteiger partial charge in [0.15, 0.2) is 5.82 Å². The van der Waals surface area contributed by atoms with E-state index in [1.54, 1.807) is 16.4 Å². The summed E-state index contributed by atoms with van der Waals surface area (Å²) in [6, 6.07) is 3.36. The highest BCUT2D eigenvalue weighted by molar-refractivity contribution is 7.98. The molecule has 26 heavy (non-hydrogen) atoms. The zero-order valence-corrected chi connectivity index (χ0v) is 16.6. The topological polar surface area (TPSA) is 89.2 Å². The number of hydrogen-bond donors (Lipinski definition) is 0. The molecule has 0 amide bonds. The van der Waals surface area contributed by atoms with Gasteiger partial charge in [0.1, 0.15) is 4.90 Å². The lowest BCUT2D eigenvalue weighted by molar-refractivity contribution is 0.346. The molecule has 0 atom stereocenters. The molecule has 0 spiro atoms. The summed E-state index contributed by atoms with van der Waals surface area (Å²) in [5.74, 6) is 1.82. The molecule has 2 aromatic rings. The Morgan fingerprint density at radius 2 is 2.04 bits per heavy atom. The molecule has 0 aliphatic carbocycles. The fourth-order valence-corrected chi connectivity index (χ4v) is 4.92. The molecule has 0 saturated carbocycles. The summed E-state index contributed by atoms with van der Waals surface area (Å²) in [4.78, 5) is 8.88. The smallest absolute Gasteiger partial charge is 0.244 e. The average Bonchev–Trinajstić information content (AvgIpc) is 3.13. The van der Waals surface area contributed by atoms with Crippen LogP contribution in [0.1, 0.15) is 50.7 Å². The van der Waals surface area contributed by atoms with Crippen LogP contribution in [0.4, 0.5) is 0 Å². The highest BCUT2D eigenvalue weighted by Crippen LogP contribution is 2.24. The predicted molar refractivity (Wildman–Crippen MR) is 99.3 cm³/mol. The van der Waals surface area contributed by atoms with Crippen LogP contribution in [0.3, 0.4) is 0 Å². The Morgan fingerprint density at radius 1 is 1.23 bits per heavy atom. The quantitative estimate of drug-likeness (QED) is 0.633. The van der Waals surface area contributed by atoms with Gasteiger partial charge >= 0.3 is 0 Å². The summed E-state index contributed by atoms with van der Waals surface area (Å²) in [6.45, 7) is 3.31. The van der Waals surface area contributed by atoms with E-state index in [-0.39, 0.29) is 4.90 Å². The van der Waals surface area contributed by atoms with Crippen LogP contribution >= 0.6 is 11.8 Å². The van der Waals surface area contributed by atoms with Crippen LogP contribution in [0.5, 0.6) is 0 Å². The minimum Gasteiger partial charge on any atom is -0.338 e. The van der Waals surface area contributed by atoms with E-state index in [1.165, 1.54) is 18.0 Å². The predicted octanol–water partition coefficient (Wildman–Crippen LogP) is 3.27. The van der Waals surface area contributed by atoms with Gasteiger partial charge < -0.3 is 4.52 Å². The van der Waals surface area contributed by atoms with Gasteiger partial charge in [-0.2, -0.15) is 9.29 Å². The van der Waals surface area contributed by atoms with Gasteiger partial charge in [0.2, 0.25) is 15.9 Å². The van der Waals surface area contributed by atoms with Crippen molar-refractivity contribution in [3.63, 3.8) is 0 Å². The normalized spacial score (nSPS) is 16.0. The van der Waals surface area contributed by atoms with E-state index in [1.807, 2.05) is 0 Å². The van der Waals surface area contributed by atoms with E-state index >= 15 is 0 Å². The summed E-state index contributed by atoms with van der Waals surface area (Å²) < 4.78 is 32.0. The van der Waals surface area contributed by atoms with E-state index in [2.05, 4.69) is 22.0 Å². The Kier molecular flexibility index (Phi) is 6.66. The molecule has 2 aromatic heterocycles. The first-order valence-corrected chi connectivity index (χ1v) is 11.4. The van der Waals surface area contributed by atoms with Crippen LogP contribution in [-0.2, 0) is 22.2 Å². The van der Waals surface area contributed by atoms with Crippen molar-refractivity contribution in [1.29, 1.82) is 0 Å². The zero-order chi connectivity index (χ0) is 18.4. The van der Waals surface area contributed by atoms with Crippen molar-refractivity contribution in [1.82, 2.24) is 19.4 Å². The summed E-state index contributed by atoms with van der Waals surface area (Å²) in [5.41, 5.74) is 0. The first kappa shape index (κ1) is 19.3. The molecule has 0 N–H and O–H groups in total. The SMILES string of the molecule is CCCCc1noc(CSc2ccc(S(=O)(=O)N3CCCCC3)cn2)n1. The molecule has 7 nitrogen and oxygen atoms in total. The van der Waals surface area contributed by atoms with Gasteiger partial charge in [0.05, 0.1) is 10.8 Å². The molecule has 1 fully saturated rings. The number of unbranched alkanes of at least 4 members (excludes halogenated alkanes) is 1. The van der Waals surface area contributed by atoms with Crippen LogP contribution in [0, 0.1) is 0 Å². The number of rotatable bonds is 8. The molecule has 9 heteroatoms. The lowest BCUT2D eigenvalue weighted by Gasteiger charge is -2.25. The highest BCUT2D eigenvalue weighted by Gasteiger charge is 2.26. The molecule has 3 rings (SSSR count). The minimum absolute atomic E-state index is 0.253. The van der Waals surface area contributed by atoms with Gasteiger partial charge in [-0.25, -0.2) is 13.4 Å². The van der Waals surface area contributed by atoms with E-state index in [0.29, 0.717) is 24.7 Å². The van der Waals surface area contributed by atoms with E-state index in [0.717, 1.165) is 49.4 Å². The van der Waals surface area contributed by atoms with Gasteiger partial charge in [-0.3, -0.25) is 0 Å². The Balaban J connectivity index is 1.58. The van der Waals surface area contributed by atoms with Crippen molar-refractivity contribution < 1.29 is 12.9 Å². The molecule has 0 unspecified atom stereocenters. The van der Waals surface area contributed by atoms with Crippen molar-refractivity contribution in [3.8, 4) is 0 Å². The standard InChI is InChI=1S/C17H24N4O3S2/c1-2-3-7-15-19-16(24-20-15)13-25-17-9-8-14(12-18-17)26(22,23)21-10-5-4-6-11-21/h8-9,12H,2-7,10-11,13H2,1H3. The third-order valence-corrected chi connectivity index (χ3v) is 7.08. The number of sulfonamides is 1. The lowest BCUT2D eigenvalue weighted by atomic mass is 10.2. The summed E-state index contributed by atoms with van der Waals surface area (Å²) in [5, 5.41) is 4.69. The van der Waals surface area contributed by atoms with E-state index in [4.69, 9.17) is 4.52 Å². The maximum Gasteiger partial charge on any atom is 0.244 e. The molecule has 1 aliphatic rings. The number of aryl methyl sites for hydroxylation is 1. The number of aromatic nitrogens is 3. The van der Waals surface area contributed by atoms with Gasteiger partial charge in [0, 0.05) is 25.7 Å². The second-order valence-electron chi connectivity index (χ2n) is 6.29. The van der Waals surface area contributed by atoms with E-state index < -0.39 is 10.0 Å². The second-order valence-corrected chi connectivity index (χ2v) is 9.23. The molecule has 0 radical (unpaired) electrons. The molecule has 0 bridgehead atoms. The Hall–Kier alpha value is -1.45. The number of nitrogens with zero attached hydrogens (tertiary/aromatic N) is 4. The van der Waals surface area contributed by atoms with Crippen molar-refractivity contribution in [2.24, 2.45) is 0 Å². The minimum atomic E-state index is -3.43. The van der Waals surface area contributed by atoms with Crippen molar-refractivity contribution in [2.75, 3.05) is 13.1 Å². The first-order valence-electron chi connectivity index (χ1n) is 9.00. The number of pyridine rings is 1. The second kappa shape index (κ2) is 8.96. The fourth-order valence-electron chi connectivity index (χ4n) is 2.78. The third kappa shape index (κ3) is 4.83. The summed E-state index contributed by atoms with van der Waals surface area (Å²) >= 11 is 1.45.